The maximum absolute atomic E-state index is 13.8. The van der Waals surface area contributed by atoms with Crippen molar-refractivity contribution in [1.29, 1.82) is 0 Å². The standard InChI is InChI=1S/C29H34N4O4/c1-5-37-29(35)26(30)24-15-17-33(22-11-9-21(10-12-22)32-16-7-6-8-20(32)3)28(34)27(24)31-25-14-13-23(36-4)18-19(25)2/h9-14,18H,3,5-8,15-17,30H2,1-2,4H3. The van der Waals surface area contributed by atoms with Gasteiger partial charge in [-0.2, -0.15) is 0 Å². The molecule has 2 N–H and O–H groups in total. The SMILES string of the molecule is C=C1CCCCN1c1ccc(N2CCC(=C(N)C(=O)OCC)C(=Nc3ccc(OC)cc3C)C2=O)cc1. The van der Waals surface area contributed by atoms with Gasteiger partial charge in [0.2, 0.25) is 0 Å². The minimum Gasteiger partial charge on any atom is -0.497 e. The third kappa shape index (κ3) is 5.53. The Morgan fingerprint density at radius 2 is 1.76 bits per heavy atom. The third-order valence-electron chi connectivity index (χ3n) is 6.73. The van der Waals surface area contributed by atoms with E-state index in [1.54, 1.807) is 31.1 Å². The normalized spacial score (nSPS) is 18.7. The Labute approximate surface area is 218 Å². The molecule has 2 saturated heterocycles. The molecular weight excluding hydrogens is 468 g/mol. The van der Waals surface area contributed by atoms with E-state index >= 15 is 0 Å². The number of piperidine rings is 2. The first-order valence-electron chi connectivity index (χ1n) is 12.6. The highest BCUT2D eigenvalue weighted by atomic mass is 16.5. The molecule has 1 amide bonds. The van der Waals surface area contributed by atoms with E-state index in [2.05, 4.69) is 11.5 Å². The molecule has 0 unspecified atom stereocenters. The lowest BCUT2D eigenvalue weighted by molar-refractivity contribution is -0.138. The van der Waals surface area contributed by atoms with Gasteiger partial charge >= 0.3 is 5.97 Å². The van der Waals surface area contributed by atoms with Gasteiger partial charge in [0, 0.05) is 35.7 Å². The summed E-state index contributed by atoms with van der Waals surface area (Å²) in [4.78, 5) is 34.9. The van der Waals surface area contributed by atoms with E-state index in [1.165, 1.54) is 0 Å². The topological polar surface area (TPSA) is 97.5 Å². The molecule has 2 aliphatic rings. The van der Waals surface area contributed by atoms with Crippen molar-refractivity contribution in [2.24, 2.45) is 10.7 Å². The maximum Gasteiger partial charge on any atom is 0.354 e. The van der Waals surface area contributed by atoms with Gasteiger partial charge in [-0.05, 0) is 87.6 Å². The quantitative estimate of drug-likeness (QED) is 0.450. The van der Waals surface area contributed by atoms with Crippen LogP contribution in [-0.4, -0.2) is 44.4 Å². The van der Waals surface area contributed by atoms with Crippen LogP contribution in [-0.2, 0) is 14.3 Å². The summed E-state index contributed by atoms with van der Waals surface area (Å²) < 4.78 is 10.4. The molecule has 2 heterocycles. The van der Waals surface area contributed by atoms with E-state index in [1.807, 2.05) is 37.3 Å². The molecule has 2 aromatic carbocycles. The number of allylic oxidation sites excluding steroid dienone is 1. The lowest BCUT2D eigenvalue weighted by Crippen LogP contribution is -2.44. The monoisotopic (exact) mass is 502 g/mol. The van der Waals surface area contributed by atoms with Gasteiger partial charge in [0.05, 0.1) is 19.4 Å². The Hall–Kier alpha value is -4.07. The van der Waals surface area contributed by atoms with Crippen molar-refractivity contribution in [2.45, 2.75) is 39.5 Å². The number of aryl methyl sites for hydroxylation is 1. The van der Waals surface area contributed by atoms with Crippen LogP contribution in [0.25, 0.3) is 0 Å². The van der Waals surface area contributed by atoms with Crippen LogP contribution in [0.3, 0.4) is 0 Å². The molecule has 0 aromatic heterocycles. The molecule has 0 spiro atoms. The molecule has 194 valence electrons. The molecule has 2 aliphatic heterocycles. The van der Waals surface area contributed by atoms with Crippen molar-refractivity contribution in [3.8, 4) is 5.75 Å². The minimum absolute atomic E-state index is 0.0845. The molecule has 8 nitrogen and oxygen atoms in total. The number of anilines is 2. The van der Waals surface area contributed by atoms with Gasteiger partial charge in [-0.25, -0.2) is 9.79 Å². The summed E-state index contributed by atoms with van der Waals surface area (Å²) in [6.07, 6.45) is 3.66. The smallest absolute Gasteiger partial charge is 0.354 e. The summed E-state index contributed by atoms with van der Waals surface area (Å²) in [6, 6.07) is 13.3. The molecule has 0 aliphatic carbocycles. The summed E-state index contributed by atoms with van der Waals surface area (Å²) in [6.45, 7) is 9.29. The average Bonchev–Trinajstić information content (AvgIpc) is 2.91. The first kappa shape index (κ1) is 26.0. The van der Waals surface area contributed by atoms with Gasteiger partial charge in [0.25, 0.3) is 5.91 Å². The van der Waals surface area contributed by atoms with Crippen molar-refractivity contribution >= 4 is 34.7 Å². The highest BCUT2D eigenvalue weighted by Crippen LogP contribution is 2.32. The Bertz CT molecular complexity index is 1260. The number of carbonyl (C=O) groups is 2. The molecule has 0 bridgehead atoms. The van der Waals surface area contributed by atoms with E-state index in [4.69, 9.17) is 20.2 Å². The number of methoxy groups -OCH3 is 1. The summed E-state index contributed by atoms with van der Waals surface area (Å²) >= 11 is 0. The number of amides is 1. The number of aliphatic imine (C=N–C) groups is 1. The van der Waals surface area contributed by atoms with Crippen molar-refractivity contribution in [3.05, 3.63) is 71.6 Å². The van der Waals surface area contributed by atoms with E-state index in [0.717, 1.165) is 48.4 Å². The summed E-state index contributed by atoms with van der Waals surface area (Å²) in [5.74, 6) is -0.279. The Morgan fingerprint density at radius 1 is 1.05 bits per heavy atom. The molecule has 4 rings (SSSR count). The minimum atomic E-state index is -0.649. The lowest BCUT2D eigenvalue weighted by atomic mass is 9.97. The van der Waals surface area contributed by atoms with E-state index < -0.39 is 5.97 Å². The zero-order valence-electron chi connectivity index (χ0n) is 21.8. The first-order chi connectivity index (χ1) is 17.8. The second-order valence-electron chi connectivity index (χ2n) is 9.12. The van der Waals surface area contributed by atoms with Crippen LogP contribution in [0.15, 0.2) is 71.0 Å². The molecule has 0 radical (unpaired) electrons. The molecular formula is C29H34N4O4. The van der Waals surface area contributed by atoms with E-state index in [0.29, 0.717) is 30.0 Å². The number of ether oxygens (including phenoxy) is 2. The number of rotatable bonds is 6. The van der Waals surface area contributed by atoms with Gasteiger partial charge in [-0.1, -0.05) is 6.58 Å². The van der Waals surface area contributed by atoms with Crippen molar-refractivity contribution < 1.29 is 19.1 Å². The Balaban J connectivity index is 1.70. The average molecular weight is 503 g/mol. The van der Waals surface area contributed by atoms with Crippen LogP contribution in [0.2, 0.25) is 0 Å². The summed E-state index contributed by atoms with van der Waals surface area (Å²) in [5.41, 5.74) is 11.0. The lowest BCUT2D eigenvalue weighted by Gasteiger charge is -2.32. The van der Waals surface area contributed by atoms with Gasteiger partial charge < -0.3 is 25.0 Å². The number of hydrogen-bond donors (Lipinski definition) is 1. The Morgan fingerprint density at radius 3 is 2.38 bits per heavy atom. The summed E-state index contributed by atoms with van der Waals surface area (Å²) in [7, 11) is 1.59. The van der Waals surface area contributed by atoms with Crippen LogP contribution in [0.5, 0.6) is 5.75 Å². The van der Waals surface area contributed by atoms with Crippen LogP contribution < -0.4 is 20.3 Å². The number of nitrogens with zero attached hydrogens (tertiary/aromatic N) is 3. The van der Waals surface area contributed by atoms with Crippen molar-refractivity contribution in [2.75, 3.05) is 36.6 Å². The zero-order valence-corrected chi connectivity index (χ0v) is 21.8. The molecule has 0 atom stereocenters. The van der Waals surface area contributed by atoms with Crippen molar-refractivity contribution in [3.63, 3.8) is 0 Å². The Kier molecular flexibility index (Phi) is 7.96. The fourth-order valence-electron chi connectivity index (χ4n) is 4.67. The zero-order chi connectivity index (χ0) is 26.5. The van der Waals surface area contributed by atoms with Gasteiger partial charge in [0.1, 0.15) is 17.2 Å². The molecule has 37 heavy (non-hydrogen) atoms. The van der Waals surface area contributed by atoms with E-state index in [-0.39, 0.29) is 23.9 Å². The van der Waals surface area contributed by atoms with E-state index in [9.17, 15) is 9.59 Å². The second-order valence-corrected chi connectivity index (χ2v) is 9.12. The number of carbonyl (C=O) groups excluding carboxylic acids is 2. The summed E-state index contributed by atoms with van der Waals surface area (Å²) in [5, 5.41) is 0. The van der Waals surface area contributed by atoms with Crippen LogP contribution in [0.4, 0.5) is 17.1 Å². The highest BCUT2D eigenvalue weighted by molar-refractivity contribution is 6.51. The number of benzene rings is 2. The fraction of sp³-hybridized carbons (Fsp3) is 0.345. The fourth-order valence-corrected chi connectivity index (χ4v) is 4.67. The maximum atomic E-state index is 13.8. The number of esters is 1. The molecule has 2 aromatic rings. The van der Waals surface area contributed by atoms with Crippen LogP contribution in [0, 0.1) is 6.92 Å². The van der Waals surface area contributed by atoms with Gasteiger partial charge in [0.15, 0.2) is 0 Å². The number of hydrogen-bond acceptors (Lipinski definition) is 7. The van der Waals surface area contributed by atoms with Crippen LogP contribution >= 0.6 is 0 Å². The number of nitrogens with two attached hydrogens (primary N) is 1. The first-order valence-corrected chi connectivity index (χ1v) is 12.6. The highest BCUT2D eigenvalue weighted by Gasteiger charge is 2.33. The predicted octanol–water partition coefficient (Wildman–Crippen LogP) is 4.79. The molecule has 8 heteroatoms. The molecule has 2 fully saturated rings. The van der Waals surface area contributed by atoms with Gasteiger partial charge in [-0.3, -0.25) is 4.79 Å². The second kappa shape index (κ2) is 11.3. The van der Waals surface area contributed by atoms with Crippen molar-refractivity contribution in [1.82, 2.24) is 0 Å². The van der Waals surface area contributed by atoms with Crippen LogP contribution in [0.1, 0.15) is 38.2 Å². The third-order valence-corrected chi connectivity index (χ3v) is 6.73. The molecule has 0 saturated carbocycles. The predicted molar refractivity (Wildman–Crippen MR) is 146 cm³/mol. The van der Waals surface area contributed by atoms with Gasteiger partial charge in [-0.15, -0.1) is 0 Å². The largest absolute Gasteiger partial charge is 0.497 e.